The van der Waals surface area contributed by atoms with Crippen molar-refractivity contribution in [3.8, 4) is 22.5 Å². The molecule has 140 valence electrons. The van der Waals surface area contributed by atoms with E-state index in [0.29, 0.717) is 23.4 Å². The van der Waals surface area contributed by atoms with Crippen LogP contribution in [0, 0.1) is 11.6 Å². The molecule has 8 heteroatoms. The second-order valence-corrected chi connectivity index (χ2v) is 6.32. The summed E-state index contributed by atoms with van der Waals surface area (Å²) in [5, 5.41) is 6.51. The molecule has 3 aromatic rings. The first-order chi connectivity index (χ1) is 13.1. The first-order valence-corrected chi connectivity index (χ1v) is 8.61. The van der Waals surface area contributed by atoms with Gasteiger partial charge in [0.2, 0.25) is 0 Å². The van der Waals surface area contributed by atoms with Crippen molar-refractivity contribution in [3.05, 3.63) is 54.0 Å². The molecule has 1 saturated heterocycles. The van der Waals surface area contributed by atoms with Crippen molar-refractivity contribution >= 4 is 5.91 Å². The van der Waals surface area contributed by atoms with Crippen molar-refractivity contribution in [2.24, 2.45) is 0 Å². The lowest BCUT2D eigenvalue weighted by Gasteiger charge is -2.09. The van der Waals surface area contributed by atoms with Crippen LogP contribution in [0.1, 0.15) is 23.3 Å². The normalized spacial score (nSPS) is 16.6. The van der Waals surface area contributed by atoms with E-state index in [1.807, 2.05) is 0 Å². The number of carbonyl (C=O) groups is 1. The molecule has 4 rings (SSSR count). The van der Waals surface area contributed by atoms with E-state index in [0.717, 1.165) is 25.5 Å². The van der Waals surface area contributed by atoms with Crippen LogP contribution in [0.5, 0.6) is 0 Å². The van der Waals surface area contributed by atoms with Gasteiger partial charge in [0.15, 0.2) is 17.4 Å². The predicted molar refractivity (Wildman–Crippen MR) is 92.9 cm³/mol. The molecule has 1 amide bonds. The van der Waals surface area contributed by atoms with Crippen LogP contribution in [-0.4, -0.2) is 35.3 Å². The number of aromatic amines is 1. The highest BCUT2D eigenvalue weighted by molar-refractivity contribution is 5.94. The molecule has 0 unspecified atom stereocenters. The molecule has 0 saturated carbocycles. The van der Waals surface area contributed by atoms with E-state index in [9.17, 15) is 13.6 Å². The molecule has 2 N–H and O–H groups in total. The third kappa shape index (κ3) is 3.48. The van der Waals surface area contributed by atoms with Crippen molar-refractivity contribution in [1.82, 2.24) is 15.5 Å². The van der Waals surface area contributed by atoms with Crippen LogP contribution < -0.4 is 5.32 Å². The lowest BCUT2D eigenvalue weighted by atomic mass is 10.0. The Kier molecular flexibility index (Phi) is 4.72. The minimum Gasteiger partial charge on any atom is -0.376 e. The molecular formula is C19H17F2N3O3. The number of amides is 1. The Labute approximate surface area is 153 Å². The molecule has 1 atom stereocenters. The summed E-state index contributed by atoms with van der Waals surface area (Å²) < 4.78 is 38.2. The van der Waals surface area contributed by atoms with Gasteiger partial charge in [-0.3, -0.25) is 4.79 Å². The number of hydrogen-bond acceptors (Lipinski definition) is 4. The first kappa shape index (κ1) is 17.4. The molecule has 1 aromatic carbocycles. The van der Waals surface area contributed by atoms with Gasteiger partial charge in [-0.25, -0.2) is 8.78 Å². The number of hydrogen-bond donors (Lipinski definition) is 2. The summed E-state index contributed by atoms with van der Waals surface area (Å²) >= 11 is 0. The van der Waals surface area contributed by atoms with Crippen LogP contribution in [0.2, 0.25) is 0 Å². The summed E-state index contributed by atoms with van der Waals surface area (Å²) in [5.74, 6) is -2.16. The molecule has 0 spiro atoms. The summed E-state index contributed by atoms with van der Waals surface area (Å²) in [6.07, 6.45) is 4.97. The van der Waals surface area contributed by atoms with Crippen molar-refractivity contribution < 1.29 is 22.8 Å². The highest BCUT2D eigenvalue weighted by atomic mass is 19.2. The van der Waals surface area contributed by atoms with Crippen LogP contribution in [0.15, 0.2) is 41.2 Å². The number of ether oxygens (including phenoxy) is 1. The molecule has 1 aliphatic heterocycles. The number of nitrogens with one attached hydrogen (secondary N) is 2. The number of nitrogens with zero attached hydrogens (tertiary/aromatic N) is 1. The van der Waals surface area contributed by atoms with Crippen LogP contribution in [0.3, 0.4) is 0 Å². The summed E-state index contributed by atoms with van der Waals surface area (Å²) in [6.45, 7) is 1.17. The number of rotatable bonds is 5. The zero-order valence-electron chi connectivity index (χ0n) is 14.3. The van der Waals surface area contributed by atoms with E-state index in [4.69, 9.17) is 9.26 Å². The molecular weight excluding hydrogens is 356 g/mol. The average Bonchev–Trinajstić information content (AvgIpc) is 3.42. The maximum atomic E-state index is 14.1. The Balaban J connectivity index is 1.55. The van der Waals surface area contributed by atoms with E-state index in [2.05, 4.69) is 15.5 Å². The number of benzene rings is 1. The Morgan fingerprint density at radius 2 is 2.22 bits per heavy atom. The van der Waals surface area contributed by atoms with Crippen molar-refractivity contribution in [3.63, 3.8) is 0 Å². The second-order valence-electron chi connectivity index (χ2n) is 6.32. The summed E-state index contributed by atoms with van der Waals surface area (Å²) in [5.41, 5.74) is 1.34. The minimum atomic E-state index is -1.01. The fourth-order valence-corrected chi connectivity index (χ4v) is 3.11. The Morgan fingerprint density at radius 3 is 3.04 bits per heavy atom. The van der Waals surface area contributed by atoms with Gasteiger partial charge in [0.1, 0.15) is 5.69 Å². The third-order valence-corrected chi connectivity index (χ3v) is 4.52. The van der Waals surface area contributed by atoms with Gasteiger partial charge >= 0.3 is 0 Å². The van der Waals surface area contributed by atoms with E-state index >= 15 is 0 Å². The molecule has 6 nitrogen and oxygen atoms in total. The maximum absolute atomic E-state index is 14.1. The number of H-pyrrole nitrogens is 1. The summed E-state index contributed by atoms with van der Waals surface area (Å²) in [6, 6.07) is 5.44. The standard InChI is InChI=1S/C19H17F2N3O3/c20-15-5-1-4-13(17(15)21)18-14(10-24-27-18)11-7-16(22-8-11)19(25)23-9-12-3-2-6-26-12/h1,4-5,7-8,10,12,22H,2-3,6,9H2,(H,23,25)/t12-/m0/s1. The largest absolute Gasteiger partial charge is 0.376 e. The van der Waals surface area contributed by atoms with Gasteiger partial charge in [-0.2, -0.15) is 0 Å². The monoisotopic (exact) mass is 373 g/mol. The Morgan fingerprint density at radius 1 is 1.33 bits per heavy atom. The van der Waals surface area contributed by atoms with Gasteiger partial charge in [0.25, 0.3) is 5.91 Å². The van der Waals surface area contributed by atoms with E-state index in [-0.39, 0.29) is 23.3 Å². The molecule has 1 aliphatic rings. The number of aromatic nitrogens is 2. The highest BCUT2D eigenvalue weighted by Crippen LogP contribution is 2.34. The smallest absolute Gasteiger partial charge is 0.267 e. The van der Waals surface area contributed by atoms with Gasteiger partial charge in [-0.05, 0) is 31.0 Å². The first-order valence-electron chi connectivity index (χ1n) is 8.61. The SMILES string of the molecule is O=C(NC[C@@H]1CCCO1)c1cc(-c2cnoc2-c2cccc(F)c2F)c[nH]1. The Hall–Kier alpha value is -3.00. The topological polar surface area (TPSA) is 80.2 Å². The maximum Gasteiger partial charge on any atom is 0.267 e. The molecule has 0 aliphatic carbocycles. The van der Waals surface area contributed by atoms with Gasteiger partial charge in [-0.15, -0.1) is 0 Å². The van der Waals surface area contributed by atoms with E-state index < -0.39 is 11.6 Å². The van der Waals surface area contributed by atoms with Crippen molar-refractivity contribution in [2.45, 2.75) is 18.9 Å². The van der Waals surface area contributed by atoms with Crippen LogP contribution >= 0.6 is 0 Å². The van der Waals surface area contributed by atoms with Crippen molar-refractivity contribution in [1.29, 1.82) is 0 Å². The molecule has 27 heavy (non-hydrogen) atoms. The molecule has 2 aromatic heterocycles. The third-order valence-electron chi connectivity index (χ3n) is 4.52. The lowest BCUT2D eigenvalue weighted by molar-refractivity contribution is 0.0854. The zero-order chi connectivity index (χ0) is 18.8. The molecule has 3 heterocycles. The Bertz CT molecular complexity index is 961. The second kappa shape index (κ2) is 7.32. The van der Waals surface area contributed by atoms with Gasteiger partial charge in [-0.1, -0.05) is 11.2 Å². The predicted octanol–water partition coefficient (Wildman–Crippen LogP) is 3.52. The van der Waals surface area contributed by atoms with E-state index in [1.165, 1.54) is 18.3 Å². The zero-order valence-corrected chi connectivity index (χ0v) is 14.3. The van der Waals surface area contributed by atoms with Gasteiger partial charge in [0.05, 0.1) is 23.4 Å². The lowest BCUT2D eigenvalue weighted by Crippen LogP contribution is -2.31. The summed E-state index contributed by atoms with van der Waals surface area (Å²) in [7, 11) is 0. The fraction of sp³-hybridized carbons (Fsp3) is 0.263. The van der Waals surface area contributed by atoms with Crippen LogP contribution in [-0.2, 0) is 4.74 Å². The van der Waals surface area contributed by atoms with Crippen LogP contribution in [0.25, 0.3) is 22.5 Å². The molecule has 0 radical (unpaired) electrons. The van der Waals surface area contributed by atoms with Crippen LogP contribution in [0.4, 0.5) is 8.78 Å². The van der Waals surface area contributed by atoms with Crippen molar-refractivity contribution in [2.75, 3.05) is 13.2 Å². The van der Waals surface area contributed by atoms with Gasteiger partial charge in [0, 0.05) is 24.9 Å². The average molecular weight is 373 g/mol. The fourth-order valence-electron chi connectivity index (χ4n) is 3.11. The number of halogens is 2. The quantitative estimate of drug-likeness (QED) is 0.717. The highest BCUT2D eigenvalue weighted by Gasteiger charge is 2.21. The minimum absolute atomic E-state index is 0.0342. The molecule has 0 bridgehead atoms. The number of carbonyl (C=O) groups excluding carboxylic acids is 1. The molecule has 1 fully saturated rings. The van der Waals surface area contributed by atoms with Gasteiger partial charge < -0.3 is 19.6 Å². The van der Waals surface area contributed by atoms with E-state index in [1.54, 1.807) is 12.3 Å². The summed E-state index contributed by atoms with van der Waals surface area (Å²) in [4.78, 5) is 15.2.